The number of ether oxygens (including phenoxy) is 3. The molecule has 1 fully saturated rings. The van der Waals surface area contributed by atoms with E-state index in [1.165, 1.54) is 48.5 Å². The Morgan fingerprint density at radius 3 is 1.95 bits per heavy atom. The van der Waals surface area contributed by atoms with Crippen LogP contribution in [0.3, 0.4) is 0 Å². The Labute approximate surface area is 221 Å². The van der Waals surface area contributed by atoms with Crippen LogP contribution in [0, 0.1) is 0 Å². The molecule has 212 valence electrons. The number of nitrogens with zero attached hydrogens (tertiary/aromatic N) is 1. The highest BCUT2D eigenvalue weighted by molar-refractivity contribution is 7.87. The molecule has 39 heavy (non-hydrogen) atoms. The van der Waals surface area contributed by atoms with E-state index in [4.69, 9.17) is 14.2 Å². The highest BCUT2D eigenvalue weighted by atomic mass is 32.2. The Kier molecular flexibility index (Phi) is 9.32. The van der Waals surface area contributed by atoms with E-state index in [0.29, 0.717) is 0 Å². The average molecular weight is 576 g/mol. The quantitative estimate of drug-likeness (QED) is 0.281. The van der Waals surface area contributed by atoms with Gasteiger partial charge < -0.3 is 24.2 Å². The van der Waals surface area contributed by atoms with Crippen molar-refractivity contribution in [1.29, 1.82) is 0 Å². The lowest BCUT2D eigenvalue weighted by atomic mass is 9.95. The van der Waals surface area contributed by atoms with E-state index in [1.54, 1.807) is 12.1 Å². The van der Waals surface area contributed by atoms with E-state index in [2.05, 4.69) is 4.18 Å². The van der Waals surface area contributed by atoms with Gasteiger partial charge in [0.25, 0.3) is 0 Å². The first-order valence-electron chi connectivity index (χ1n) is 11.3. The summed E-state index contributed by atoms with van der Waals surface area (Å²) in [6.07, 6.45) is -8.27. The molecule has 3 rings (SSSR count). The standard InChI is InChI=1S/C24H24F3NO10S/c1-14(29)28(2)18-20(37-22(31)16-11-7-4-8-12-16)19(38-39(33,34)24(25,26)27)17(36-23(18)32)13-35-21(30)15-9-5-3-6-10-15/h3-12,17-20,23,32H,13H2,1-2H3/t17-,18-,19+,20-,23-/m1/s1. The normalized spacial score (nSPS) is 23.5. The Morgan fingerprint density at radius 2 is 1.46 bits per heavy atom. The number of esters is 2. The van der Waals surface area contributed by atoms with Gasteiger partial charge in [-0.3, -0.25) is 8.98 Å². The monoisotopic (exact) mass is 575 g/mol. The number of aliphatic hydroxyl groups is 1. The number of likely N-dealkylation sites (N-methyl/N-ethyl adjacent to an activating group) is 1. The molecule has 1 aliphatic rings. The smallest absolute Gasteiger partial charge is 0.459 e. The molecule has 1 N–H and O–H groups in total. The molecule has 15 heteroatoms. The molecule has 11 nitrogen and oxygen atoms in total. The Balaban J connectivity index is 2.02. The van der Waals surface area contributed by atoms with Crippen molar-refractivity contribution in [2.75, 3.05) is 13.7 Å². The van der Waals surface area contributed by atoms with Gasteiger partial charge in [-0.2, -0.15) is 21.6 Å². The first-order chi connectivity index (χ1) is 18.2. The zero-order valence-electron chi connectivity index (χ0n) is 20.5. The topological polar surface area (TPSA) is 146 Å². The maximum atomic E-state index is 13.3. The van der Waals surface area contributed by atoms with Crippen molar-refractivity contribution in [1.82, 2.24) is 4.90 Å². The second kappa shape index (κ2) is 12.1. The van der Waals surface area contributed by atoms with E-state index in [9.17, 15) is 41.1 Å². The number of carbonyl (C=O) groups excluding carboxylic acids is 3. The minimum atomic E-state index is -6.34. The molecule has 1 amide bonds. The highest BCUT2D eigenvalue weighted by Crippen LogP contribution is 2.34. The van der Waals surface area contributed by atoms with Crippen molar-refractivity contribution in [3.8, 4) is 0 Å². The van der Waals surface area contributed by atoms with Gasteiger partial charge in [-0.15, -0.1) is 0 Å². The number of alkyl halides is 3. The van der Waals surface area contributed by atoms with Crippen LogP contribution in [0.25, 0.3) is 0 Å². The van der Waals surface area contributed by atoms with E-state index >= 15 is 0 Å². The van der Waals surface area contributed by atoms with Gasteiger partial charge in [0.05, 0.1) is 11.1 Å². The molecule has 1 heterocycles. The summed E-state index contributed by atoms with van der Waals surface area (Å²) < 4.78 is 84.1. The van der Waals surface area contributed by atoms with Gasteiger partial charge in [-0.1, -0.05) is 36.4 Å². The number of carbonyl (C=O) groups is 3. The predicted molar refractivity (Wildman–Crippen MR) is 125 cm³/mol. The van der Waals surface area contributed by atoms with Gasteiger partial charge in [0.2, 0.25) is 5.91 Å². The third kappa shape index (κ3) is 7.11. The summed E-state index contributed by atoms with van der Waals surface area (Å²) in [5.74, 6) is -2.82. The number of amides is 1. The molecule has 1 saturated heterocycles. The zero-order chi connectivity index (χ0) is 29.0. The van der Waals surface area contributed by atoms with Crippen molar-refractivity contribution in [2.45, 2.75) is 43.1 Å². The number of hydrogen-bond acceptors (Lipinski definition) is 10. The minimum absolute atomic E-state index is 0.0514. The lowest BCUT2D eigenvalue weighted by Gasteiger charge is -2.46. The molecule has 0 aromatic heterocycles. The van der Waals surface area contributed by atoms with Gasteiger partial charge in [0.15, 0.2) is 12.4 Å². The number of aliphatic hydroxyl groups excluding tert-OH is 1. The molecule has 0 spiro atoms. The maximum absolute atomic E-state index is 13.3. The number of rotatable bonds is 8. The summed E-state index contributed by atoms with van der Waals surface area (Å²) in [5.41, 5.74) is -5.92. The number of hydrogen-bond donors (Lipinski definition) is 1. The summed E-state index contributed by atoms with van der Waals surface area (Å²) in [5, 5.41) is 10.7. The fraction of sp³-hybridized carbons (Fsp3) is 0.375. The highest BCUT2D eigenvalue weighted by Gasteiger charge is 2.57. The van der Waals surface area contributed by atoms with Gasteiger partial charge >= 0.3 is 27.6 Å². The molecule has 2 aromatic rings. The van der Waals surface area contributed by atoms with Gasteiger partial charge in [0, 0.05) is 14.0 Å². The first kappa shape index (κ1) is 30.0. The SMILES string of the molecule is CC(=O)N(C)[C@@H]1[C@@H](OC(=O)c2ccccc2)[C@@H](OS(=O)(=O)C(F)(F)F)[C@@H](COC(=O)c2ccccc2)O[C@H]1O. The van der Waals surface area contributed by atoms with Crippen LogP contribution in [0.2, 0.25) is 0 Å². The number of halogens is 3. The minimum Gasteiger partial charge on any atom is -0.459 e. The van der Waals surface area contributed by atoms with Crippen LogP contribution in [-0.2, 0) is 33.3 Å². The van der Waals surface area contributed by atoms with Gasteiger partial charge in [0.1, 0.15) is 24.9 Å². The second-order valence-corrected chi connectivity index (χ2v) is 9.91. The largest absolute Gasteiger partial charge is 0.523 e. The van der Waals surface area contributed by atoms with Crippen LogP contribution >= 0.6 is 0 Å². The van der Waals surface area contributed by atoms with E-state index in [0.717, 1.165) is 18.9 Å². The fourth-order valence-electron chi connectivity index (χ4n) is 3.70. The zero-order valence-corrected chi connectivity index (χ0v) is 21.3. The van der Waals surface area contributed by atoms with Crippen LogP contribution in [0.15, 0.2) is 60.7 Å². The van der Waals surface area contributed by atoms with E-state index < -0.39 is 70.7 Å². The Morgan fingerprint density at radius 1 is 0.949 bits per heavy atom. The first-order valence-corrected chi connectivity index (χ1v) is 12.7. The lowest BCUT2D eigenvalue weighted by Crippen LogP contribution is -2.66. The third-order valence-corrected chi connectivity index (χ3v) is 6.78. The number of benzene rings is 2. The molecule has 1 aliphatic heterocycles. The van der Waals surface area contributed by atoms with Crippen molar-refractivity contribution < 1.29 is 59.5 Å². The van der Waals surface area contributed by atoms with Crippen molar-refractivity contribution in [3.63, 3.8) is 0 Å². The van der Waals surface area contributed by atoms with Crippen molar-refractivity contribution in [2.24, 2.45) is 0 Å². The molecule has 0 aliphatic carbocycles. The van der Waals surface area contributed by atoms with Gasteiger partial charge in [-0.25, -0.2) is 9.59 Å². The maximum Gasteiger partial charge on any atom is 0.523 e. The Bertz CT molecular complexity index is 1270. The summed E-state index contributed by atoms with van der Waals surface area (Å²) in [7, 11) is -5.22. The van der Waals surface area contributed by atoms with Crippen molar-refractivity contribution >= 4 is 28.0 Å². The molecule has 0 saturated carbocycles. The van der Waals surface area contributed by atoms with Crippen molar-refractivity contribution in [3.05, 3.63) is 71.8 Å². The summed E-state index contributed by atoms with van der Waals surface area (Å²) in [6, 6.07) is 12.8. The molecule has 0 bridgehead atoms. The van der Waals surface area contributed by atoms with Crippen LogP contribution in [0.5, 0.6) is 0 Å². The van der Waals surface area contributed by atoms with Crippen LogP contribution in [0.1, 0.15) is 27.6 Å². The summed E-state index contributed by atoms with van der Waals surface area (Å²) in [4.78, 5) is 38.2. The van der Waals surface area contributed by atoms with Crippen LogP contribution < -0.4 is 0 Å². The predicted octanol–water partition coefficient (Wildman–Crippen LogP) is 1.87. The molecular weight excluding hydrogens is 551 g/mol. The lowest BCUT2D eigenvalue weighted by molar-refractivity contribution is -0.263. The third-order valence-electron chi connectivity index (χ3n) is 5.74. The molecule has 0 radical (unpaired) electrons. The molecule has 5 atom stereocenters. The Hall–Kier alpha value is -3.53. The second-order valence-electron chi connectivity index (χ2n) is 8.35. The van der Waals surface area contributed by atoms with Crippen LogP contribution in [0.4, 0.5) is 13.2 Å². The van der Waals surface area contributed by atoms with Crippen LogP contribution in [-0.4, -0.2) is 86.1 Å². The summed E-state index contributed by atoms with van der Waals surface area (Å²) >= 11 is 0. The van der Waals surface area contributed by atoms with E-state index in [-0.39, 0.29) is 11.1 Å². The van der Waals surface area contributed by atoms with Gasteiger partial charge in [-0.05, 0) is 24.3 Å². The summed E-state index contributed by atoms with van der Waals surface area (Å²) in [6.45, 7) is 0.123. The molecular formula is C24H24F3NO10S. The average Bonchev–Trinajstić information content (AvgIpc) is 2.88. The fourth-order valence-corrected chi connectivity index (χ4v) is 4.33. The molecule has 0 unspecified atom stereocenters. The van der Waals surface area contributed by atoms with E-state index in [1.807, 2.05) is 0 Å². The molecule has 2 aromatic carbocycles.